The summed E-state index contributed by atoms with van der Waals surface area (Å²) in [6, 6.07) is 15.1. The number of nitrogens with zero attached hydrogens (tertiary/aromatic N) is 1. The maximum Gasteiger partial charge on any atom is 0.243 e. The highest BCUT2D eigenvalue weighted by Gasteiger charge is 2.33. The van der Waals surface area contributed by atoms with Gasteiger partial charge in [-0.1, -0.05) is 49.7 Å². The number of unbranched alkanes of at least 4 members (excludes halogenated alkanes) is 1. The van der Waals surface area contributed by atoms with E-state index in [4.69, 9.17) is 0 Å². The lowest BCUT2D eigenvalue weighted by atomic mass is 9.98. The Bertz CT molecular complexity index is 955. The van der Waals surface area contributed by atoms with Gasteiger partial charge >= 0.3 is 0 Å². The standard InChI is InChI=1S/C24H32N2O3S/c1-3-4-9-20-12-14-23(15-13-20)30(28,29)26-16-7-11-22(18-26)24(27)25-17-21-10-6-5-8-19(21)2/h5-6,8,10,12-15,22H,3-4,7,9,11,16-18H2,1-2H3,(H,25,27). The van der Waals surface area contributed by atoms with Crippen LogP contribution in [0.5, 0.6) is 0 Å². The summed E-state index contributed by atoms with van der Waals surface area (Å²) in [5.41, 5.74) is 3.37. The van der Waals surface area contributed by atoms with Gasteiger partial charge in [0.25, 0.3) is 0 Å². The Hall–Kier alpha value is -2.18. The van der Waals surface area contributed by atoms with Crippen molar-refractivity contribution < 1.29 is 13.2 Å². The molecule has 6 heteroatoms. The van der Waals surface area contributed by atoms with Crippen LogP contribution in [0.3, 0.4) is 0 Å². The van der Waals surface area contributed by atoms with E-state index in [1.165, 1.54) is 4.31 Å². The van der Waals surface area contributed by atoms with Crippen LogP contribution in [0.4, 0.5) is 0 Å². The van der Waals surface area contributed by atoms with Crippen LogP contribution < -0.4 is 5.32 Å². The number of carbonyl (C=O) groups is 1. The van der Waals surface area contributed by atoms with E-state index < -0.39 is 10.0 Å². The highest BCUT2D eigenvalue weighted by atomic mass is 32.2. The topological polar surface area (TPSA) is 66.5 Å². The highest BCUT2D eigenvalue weighted by molar-refractivity contribution is 7.89. The van der Waals surface area contributed by atoms with Crippen molar-refractivity contribution in [1.82, 2.24) is 9.62 Å². The molecule has 1 amide bonds. The van der Waals surface area contributed by atoms with Crippen LogP contribution in [-0.2, 0) is 27.8 Å². The van der Waals surface area contributed by atoms with Gasteiger partial charge in [0, 0.05) is 19.6 Å². The number of carbonyl (C=O) groups excluding carboxylic acids is 1. The van der Waals surface area contributed by atoms with Crippen LogP contribution >= 0.6 is 0 Å². The minimum absolute atomic E-state index is 0.0759. The van der Waals surface area contributed by atoms with Crippen molar-refractivity contribution in [3.05, 3.63) is 65.2 Å². The van der Waals surface area contributed by atoms with Crippen molar-refractivity contribution in [2.24, 2.45) is 5.92 Å². The summed E-state index contributed by atoms with van der Waals surface area (Å²) in [7, 11) is -3.59. The Morgan fingerprint density at radius 2 is 1.87 bits per heavy atom. The Morgan fingerprint density at radius 3 is 2.57 bits per heavy atom. The Kier molecular flexibility index (Phi) is 7.67. The second kappa shape index (κ2) is 10.2. The van der Waals surface area contributed by atoms with E-state index in [1.807, 2.05) is 43.3 Å². The minimum atomic E-state index is -3.59. The molecule has 1 N–H and O–H groups in total. The summed E-state index contributed by atoms with van der Waals surface area (Å²) in [6.07, 6.45) is 4.57. The van der Waals surface area contributed by atoms with E-state index in [-0.39, 0.29) is 18.4 Å². The Labute approximate surface area is 180 Å². The van der Waals surface area contributed by atoms with Crippen LogP contribution in [0.2, 0.25) is 0 Å². The van der Waals surface area contributed by atoms with Crippen molar-refractivity contribution in [2.75, 3.05) is 13.1 Å². The third kappa shape index (κ3) is 5.49. The molecular formula is C24H32N2O3S. The average Bonchev–Trinajstić information content (AvgIpc) is 2.77. The van der Waals surface area contributed by atoms with Crippen molar-refractivity contribution in [1.29, 1.82) is 0 Å². The number of nitrogens with one attached hydrogen (secondary N) is 1. The second-order valence-corrected chi connectivity index (χ2v) is 10.0. The minimum Gasteiger partial charge on any atom is -0.352 e. The largest absolute Gasteiger partial charge is 0.352 e. The molecule has 2 aromatic carbocycles. The smallest absolute Gasteiger partial charge is 0.243 e. The number of benzene rings is 2. The summed E-state index contributed by atoms with van der Waals surface area (Å²) in [5, 5.41) is 2.99. The molecule has 2 aromatic rings. The van der Waals surface area contributed by atoms with Gasteiger partial charge in [-0.2, -0.15) is 4.31 Å². The lowest BCUT2D eigenvalue weighted by Gasteiger charge is -2.31. The summed E-state index contributed by atoms with van der Waals surface area (Å²) in [6.45, 7) is 5.32. The fourth-order valence-corrected chi connectivity index (χ4v) is 5.39. The van der Waals surface area contributed by atoms with Gasteiger partial charge in [0.2, 0.25) is 15.9 Å². The number of hydrogen-bond acceptors (Lipinski definition) is 3. The number of piperidine rings is 1. The molecule has 1 atom stereocenters. The van der Waals surface area contributed by atoms with E-state index in [2.05, 4.69) is 12.2 Å². The maximum absolute atomic E-state index is 13.1. The lowest BCUT2D eigenvalue weighted by Crippen LogP contribution is -2.45. The second-order valence-electron chi connectivity index (χ2n) is 8.09. The first-order valence-corrected chi connectivity index (χ1v) is 12.3. The normalized spacial score (nSPS) is 17.6. The summed E-state index contributed by atoms with van der Waals surface area (Å²) in [4.78, 5) is 13.0. The van der Waals surface area contributed by atoms with E-state index in [1.54, 1.807) is 12.1 Å². The highest BCUT2D eigenvalue weighted by Crippen LogP contribution is 2.24. The van der Waals surface area contributed by atoms with Crippen LogP contribution in [0.25, 0.3) is 0 Å². The summed E-state index contributed by atoms with van der Waals surface area (Å²) in [5.74, 6) is -0.394. The van der Waals surface area contributed by atoms with E-state index in [9.17, 15) is 13.2 Å². The van der Waals surface area contributed by atoms with Crippen molar-refractivity contribution in [3.8, 4) is 0 Å². The first-order valence-electron chi connectivity index (χ1n) is 10.8. The van der Waals surface area contributed by atoms with E-state index in [0.29, 0.717) is 30.8 Å². The first kappa shape index (κ1) is 22.5. The number of hydrogen-bond donors (Lipinski definition) is 1. The third-order valence-electron chi connectivity index (χ3n) is 5.85. The maximum atomic E-state index is 13.1. The molecule has 30 heavy (non-hydrogen) atoms. The molecule has 0 bridgehead atoms. The summed E-state index contributed by atoms with van der Waals surface area (Å²) >= 11 is 0. The number of sulfonamides is 1. The molecule has 0 aromatic heterocycles. The lowest BCUT2D eigenvalue weighted by molar-refractivity contribution is -0.126. The molecule has 0 radical (unpaired) electrons. The molecule has 1 unspecified atom stereocenters. The van der Waals surface area contributed by atoms with Gasteiger partial charge in [-0.05, 0) is 61.4 Å². The number of amides is 1. The zero-order valence-corrected chi connectivity index (χ0v) is 18.7. The first-order chi connectivity index (χ1) is 14.4. The SMILES string of the molecule is CCCCc1ccc(S(=O)(=O)N2CCCC(C(=O)NCc3ccccc3C)C2)cc1. The molecule has 3 rings (SSSR count). The van der Waals surface area contributed by atoms with Crippen molar-refractivity contribution >= 4 is 15.9 Å². The molecule has 1 saturated heterocycles. The fraction of sp³-hybridized carbons (Fsp3) is 0.458. The molecule has 162 valence electrons. The molecule has 1 aliphatic heterocycles. The Morgan fingerprint density at radius 1 is 1.13 bits per heavy atom. The number of rotatable bonds is 8. The number of aryl methyl sites for hydroxylation is 2. The summed E-state index contributed by atoms with van der Waals surface area (Å²) < 4.78 is 27.7. The monoisotopic (exact) mass is 428 g/mol. The predicted molar refractivity (Wildman–Crippen MR) is 120 cm³/mol. The van der Waals surface area contributed by atoms with Crippen molar-refractivity contribution in [3.63, 3.8) is 0 Å². The predicted octanol–water partition coefficient (Wildman–Crippen LogP) is 4.05. The molecule has 1 fully saturated rings. The molecule has 1 aliphatic rings. The van der Waals surface area contributed by atoms with Gasteiger partial charge < -0.3 is 5.32 Å². The molecule has 0 spiro atoms. The average molecular weight is 429 g/mol. The van der Waals surface area contributed by atoms with Gasteiger partial charge in [-0.15, -0.1) is 0 Å². The van der Waals surface area contributed by atoms with Gasteiger partial charge in [0.15, 0.2) is 0 Å². The van der Waals surface area contributed by atoms with Gasteiger partial charge in [-0.3, -0.25) is 4.79 Å². The molecule has 0 aliphatic carbocycles. The van der Waals surface area contributed by atoms with Crippen LogP contribution in [-0.4, -0.2) is 31.7 Å². The van der Waals surface area contributed by atoms with Crippen LogP contribution in [0.15, 0.2) is 53.4 Å². The van der Waals surface area contributed by atoms with Crippen LogP contribution in [0, 0.1) is 12.8 Å². The third-order valence-corrected chi connectivity index (χ3v) is 7.73. The van der Waals surface area contributed by atoms with Crippen LogP contribution in [0.1, 0.15) is 49.3 Å². The molecular weight excluding hydrogens is 396 g/mol. The Balaban J connectivity index is 1.62. The zero-order chi connectivity index (χ0) is 21.6. The van der Waals surface area contributed by atoms with Gasteiger partial charge in [-0.25, -0.2) is 8.42 Å². The molecule has 5 nitrogen and oxygen atoms in total. The molecule has 1 heterocycles. The van der Waals surface area contributed by atoms with E-state index in [0.717, 1.165) is 36.0 Å². The quantitative estimate of drug-likeness (QED) is 0.690. The van der Waals surface area contributed by atoms with E-state index >= 15 is 0 Å². The van der Waals surface area contributed by atoms with Crippen molar-refractivity contribution in [2.45, 2.75) is 57.4 Å². The fourth-order valence-electron chi connectivity index (χ4n) is 3.87. The zero-order valence-electron chi connectivity index (χ0n) is 17.9. The van der Waals surface area contributed by atoms with Gasteiger partial charge in [0.05, 0.1) is 10.8 Å². The molecule has 0 saturated carbocycles. The van der Waals surface area contributed by atoms with Gasteiger partial charge in [0.1, 0.15) is 0 Å².